The van der Waals surface area contributed by atoms with E-state index in [4.69, 9.17) is 0 Å². The first-order valence-corrected chi connectivity index (χ1v) is 3.64. The van der Waals surface area contributed by atoms with Gasteiger partial charge in [-0.3, -0.25) is 0 Å². The van der Waals surface area contributed by atoms with Gasteiger partial charge in [0.25, 0.3) is 0 Å². The molecule has 0 aliphatic rings. The van der Waals surface area contributed by atoms with E-state index < -0.39 is 0 Å². The minimum Gasteiger partial charge on any atom is -0.870 e. The molecule has 0 saturated heterocycles. The van der Waals surface area contributed by atoms with Gasteiger partial charge in [0.05, 0.1) is 0 Å². The topological polar surface area (TPSA) is 30.0 Å². The van der Waals surface area contributed by atoms with Crippen molar-refractivity contribution in [1.29, 1.82) is 0 Å². The molecule has 1 N–H and O–H groups in total. The van der Waals surface area contributed by atoms with Crippen LogP contribution in [-0.2, 0) is 0 Å². The van der Waals surface area contributed by atoms with Crippen LogP contribution in [0.4, 0.5) is 0 Å². The van der Waals surface area contributed by atoms with Crippen molar-refractivity contribution in [3.05, 3.63) is 0 Å². The van der Waals surface area contributed by atoms with Gasteiger partial charge in [0, 0.05) is 0 Å². The summed E-state index contributed by atoms with van der Waals surface area (Å²) in [6, 6.07) is 0. The van der Waals surface area contributed by atoms with Crippen molar-refractivity contribution in [3.8, 4) is 0 Å². The molecule has 0 atom stereocenters. The van der Waals surface area contributed by atoms with Crippen LogP contribution in [0.25, 0.3) is 0 Å². The fourth-order valence-corrected chi connectivity index (χ4v) is 0. The van der Waals surface area contributed by atoms with Crippen LogP contribution in [0.3, 0.4) is 0 Å². The van der Waals surface area contributed by atoms with Crippen LogP contribution < -0.4 is 0 Å². The monoisotopic (exact) mass is 330 g/mol. The molecule has 0 heterocycles. The van der Waals surface area contributed by atoms with Crippen molar-refractivity contribution < 1.29 is 22.9 Å². The Morgan fingerprint density at radius 1 is 1.29 bits per heavy atom. The molecule has 0 aromatic heterocycles. The molecule has 0 spiro atoms. The van der Waals surface area contributed by atoms with Crippen molar-refractivity contribution in [2.45, 2.75) is 0 Å². The third kappa shape index (κ3) is 10.7. The normalized spacial score (nSPS) is 9.86. The average molecular weight is 332 g/mol. The van der Waals surface area contributed by atoms with Gasteiger partial charge in [-0.25, -0.2) is 0 Å². The van der Waals surface area contributed by atoms with E-state index in [1.165, 1.54) is 13.0 Å². The van der Waals surface area contributed by atoms with Crippen LogP contribution >= 0.6 is 0 Å². The van der Waals surface area contributed by atoms with Crippen LogP contribution in [0.5, 0.6) is 0 Å². The third-order valence-electron chi connectivity index (χ3n) is 0.293. The molecule has 2 nitrogen and oxygen atoms in total. The molecule has 0 aromatic rings. The van der Waals surface area contributed by atoms with Gasteiger partial charge >= 0.3 is 44.0 Å². The zero-order chi connectivity index (χ0) is 5.21. The summed E-state index contributed by atoms with van der Waals surface area (Å²) in [7, 11) is 6.46. The first kappa shape index (κ1) is 10.2. The van der Waals surface area contributed by atoms with Gasteiger partial charge in [-0.2, -0.15) is 0 Å². The molecular weight excluding hydrogens is 321 g/mol. The van der Waals surface area contributed by atoms with Crippen molar-refractivity contribution in [1.82, 2.24) is 0 Å². The Labute approximate surface area is 50.2 Å². The summed E-state index contributed by atoms with van der Waals surface area (Å²) < 4.78 is 0.992. The Bertz CT molecular complexity index is 57.2. The van der Waals surface area contributed by atoms with Crippen LogP contribution in [-0.4, -0.2) is 36.5 Å². The fraction of sp³-hybridized carbons (Fsp3) is 0.750. The molecule has 0 rings (SSSR count). The van der Waals surface area contributed by atoms with Gasteiger partial charge in [0.1, 0.15) is 0 Å². The average Bonchev–Trinajstić information content (AvgIpc) is 1.35. The zero-order valence-electron chi connectivity index (χ0n) is 4.85. The Kier molecular flexibility index (Phi) is 4.70. The fourth-order valence-electron chi connectivity index (χ4n) is 0. The van der Waals surface area contributed by atoms with Crippen LogP contribution in [0.15, 0.2) is 0 Å². The number of hydrogen-bond acceptors (Lipinski definition) is 1. The standard InChI is InChI=1S/C4H10N.Am.H2O/c1-5(2,3)4;;/h1H,2-4H3;;1H2/q+1;;/p-1. The second-order valence-corrected chi connectivity index (χ2v) is 3.03. The summed E-state index contributed by atoms with van der Waals surface area (Å²) in [6.07, 6.45) is 0. The van der Waals surface area contributed by atoms with E-state index in [-0.39, 0.29) is 5.48 Å². The quantitative estimate of drug-likeness (QED) is 0.613. The largest absolute Gasteiger partial charge is 0.870 e. The van der Waals surface area contributed by atoms with Crippen molar-refractivity contribution >= 4 is 5.39 Å². The molecule has 0 unspecified atom stereocenters. The first-order chi connectivity index (χ1) is 2.56. The molecule has 0 radical (unpaired) electrons. The van der Waals surface area contributed by atoms with Gasteiger partial charge < -0.3 is 5.48 Å². The van der Waals surface area contributed by atoms with Crippen molar-refractivity contribution in [2.24, 2.45) is 0 Å². The maximum Gasteiger partial charge on any atom is -0.870 e. The molecule has 0 aliphatic heterocycles. The minimum absolute atomic E-state index is 0. The summed E-state index contributed by atoms with van der Waals surface area (Å²) in [4.78, 5) is 0. The number of quaternary nitrogens is 1. The molecule has 0 saturated carbocycles. The number of rotatable bonds is 1. The van der Waals surface area contributed by atoms with E-state index >= 15 is 0 Å². The Morgan fingerprint density at radius 2 is 1.43 bits per heavy atom. The predicted octanol–water partition coefficient (Wildman–Crippen LogP) is -0.175. The second-order valence-electron chi connectivity index (χ2n) is 2.21. The zero-order valence-corrected chi connectivity index (χ0v) is 8.00. The van der Waals surface area contributed by atoms with Crippen molar-refractivity contribution in [3.63, 3.8) is 0 Å². The second kappa shape index (κ2) is 3.22. The molecule has 0 amide bonds. The van der Waals surface area contributed by atoms with E-state index in [9.17, 15) is 0 Å². The van der Waals surface area contributed by atoms with Gasteiger partial charge in [-0.1, -0.05) is 0 Å². The van der Waals surface area contributed by atoms with Gasteiger partial charge in [-0.05, 0) is 0 Å². The summed E-state index contributed by atoms with van der Waals surface area (Å²) in [6.45, 7) is 0. The summed E-state index contributed by atoms with van der Waals surface area (Å²) in [5.74, 6) is 0. The van der Waals surface area contributed by atoms with Gasteiger partial charge in [0.15, 0.2) is 0 Å². The minimum atomic E-state index is 0. The Balaban J connectivity index is 0. The maximum absolute atomic E-state index is 2.23. The van der Waals surface area contributed by atoms with E-state index in [0.717, 1.165) is 4.48 Å². The molecule has 0 aliphatic carbocycles. The molecular formula is C4H11AmNO. The Morgan fingerprint density at radius 3 is 1.43 bits per heavy atom. The number of nitrogens with zero attached hydrogens (tertiary/aromatic N) is 1. The van der Waals surface area contributed by atoms with Crippen LogP contribution in [0.1, 0.15) is 0 Å². The van der Waals surface area contributed by atoms with Crippen LogP contribution in [0.2, 0.25) is 0 Å². The molecule has 45 valence electrons. The third-order valence-corrected chi connectivity index (χ3v) is 2.73. The molecule has 3 heteroatoms. The van der Waals surface area contributed by atoms with Crippen molar-refractivity contribution in [2.75, 3.05) is 21.1 Å². The summed E-state index contributed by atoms with van der Waals surface area (Å²) >= 11 is 1.39. The SMILES string of the molecule is C[N+](C)(C)[CH]=[Am].[OH-]. The Hall–Kier alpha value is 0.180. The molecule has 0 aromatic carbocycles. The smallest absolute Gasteiger partial charge is 0.870 e. The summed E-state index contributed by atoms with van der Waals surface area (Å²) in [5.41, 5.74) is 0. The van der Waals surface area contributed by atoms with Gasteiger partial charge in [-0.15, -0.1) is 0 Å². The molecule has 0 bridgehead atoms. The van der Waals surface area contributed by atoms with Crippen LogP contribution in [0, 0.1) is 13.0 Å². The van der Waals surface area contributed by atoms with Gasteiger partial charge in [0.2, 0.25) is 0 Å². The maximum atomic E-state index is 2.23. The number of hydrogen-bond donors (Lipinski definition) is 0. The molecule has 7 heavy (non-hydrogen) atoms. The van der Waals surface area contributed by atoms with E-state index in [2.05, 4.69) is 26.5 Å². The van der Waals surface area contributed by atoms with E-state index in [1.54, 1.807) is 0 Å². The van der Waals surface area contributed by atoms with E-state index in [1.807, 2.05) is 0 Å². The first-order valence-electron chi connectivity index (χ1n) is 1.82. The predicted molar refractivity (Wildman–Crippen MR) is 26.0 cm³/mol. The summed E-state index contributed by atoms with van der Waals surface area (Å²) in [5, 5.41) is 2.23. The van der Waals surface area contributed by atoms with E-state index in [0.29, 0.717) is 0 Å². The molecule has 0 fully saturated rings.